The van der Waals surface area contributed by atoms with Gasteiger partial charge in [0.2, 0.25) is 0 Å². The molecule has 38 heavy (non-hydrogen) atoms. The van der Waals surface area contributed by atoms with E-state index in [2.05, 4.69) is 0 Å². The average Bonchev–Trinajstić information content (AvgIpc) is 2.91. The fourth-order valence-corrected chi connectivity index (χ4v) is 5.57. The number of carbonyl (C=O) groups is 1. The van der Waals surface area contributed by atoms with E-state index < -0.39 is 24.3 Å². The van der Waals surface area contributed by atoms with Crippen molar-refractivity contribution in [2.45, 2.75) is 63.9 Å². The van der Waals surface area contributed by atoms with Crippen LogP contribution in [0, 0.1) is 12.8 Å². The van der Waals surface area contributed by atoms with Gasteiger partial charge in [-0.25, -0.2) is 9.78 Å². The molecule has 1 fully saturated rings. The number of aromatic nitrogens is 2. The zero-order chi connectivity index (χ0) is 26.9. The second-order valence-corrected chi connectivity index (χ2v) is 10.1. The van der Waals surface area contributed by atoms with Gasteiger partial charge in [0.1, 0.15) is 11.9 Å². The van der Waals surface area contributed by atoms with Gasteiger partial charge in [0, 0.05) is 12.1 Å². The van der Waals surface area contributed by atoms with Crippen LogP contribution in [0.15, 0.2) is 65.5 Å². The van der Waals surface area contributed by atoms with E-state index in [0.717, 1.165) is 11.1 Å². The first kappa shape index (κ1) is 26.0. The lowest BCUT2D eigenvalue weighted by Gasteiger charge is -2.33. The van der Waals surface area contributed by atoms with Gasteiger partial charge in [-0.2, -0.15) is 13.2 Å². The summed E-state index contributed by atoms with van der Waals surface area (Å²) in [5.41, 5.74) is 2.90. The summed E-state index contributed by atoms with van der Waals surface area (Å²) in [5, 5.41) is 0. The Morgan fingerprint density at radius 3 is 2.11 bits per heavy atom. The molecule has 1 aliphatic heterocycles. The second kappa shape index (κ2) is 10.6. The number of ether oxygens (including phenoxy) is 1. The van der Waals surface area contributed by atoms with Crippen LogP contribution < -0.4 is 5.56 Å². The number of aryl methyl sites for hydroxylation is 1. The zero-order valence-electron chi connectivity index (χ0n) is 21.2. The molecule has 3 aromatic rings. The number of amides is 1. The van der Waals surface area contributed by atoms with Crippen molar-refractivity contribution in [1.29, 1.82) is 0 Å². The fraction of sp³-hybridized carbons (Fsp3) is 0.414. The molecule has 0 spiro atoms. The third-order valence-electron chi connectivity index (χ3n) is 7.59. The maximum atomic E-state index is 13.8. The summed E-state index contributed by atoms with van der Waals surface area (Å²) in [4.78, 5) is 32.9. The Morgan fingerprint density at radius 2 is 1.55 bits per heavy atom. The number of benzene rings is 2. The summed E-state index contributed by atoms with van der Waals surface area (Å²) in [6.45, 7) is 2.20. The van der Waals surface area contributed by atoms with E-state index in [0.29, 0.717) is 23.5 Å². The molecule has 0 N–H and O–H groups in total. The Kier molecular flexibility index (Phi) is 7.27. The van der Waals surface area contributed by atoms with Crippen molar-refractivity contribution in [2.24, 2.45) is 5.92 Å². The molecule has 0 saturated heterocycles. The van der Waals surface area contributed by atoms with Gasteiger partial charge in [-0.3, -0.25) is 9.36 Å². The quantitative estimate of drug-likeness (QED) is 0.432. The lowest BCUT2D eigenvalue weighted by atomic mass is 9.87. The number of fused-ring (bicyclic) bond motifs is 1. The lowest BCUT2D eigenvalue weighted by molar-refractivity contribution is -0.186. The van der Waals surface area contributed by atoms with Gasteiger partial charge in [-0.15, -0.1) is 0 Å². The van der Waals surface area contributed by atoms with Crippen LogP contribution in [-0.2, 0) is 17.7 Å². The van der Waals surface area contributed by atoms with E-state index in [9.17, 15) is 22.8 Å². The molecule has 2 aromatic carbocycles. The molecule has 200 valence electrons. The Bertz CT molecular complexity index is 1290. The van der Waals surface area contributed by atoms with Crippen molar-refractivity contribution in [2.75, 3.05) is 6.54 Å². The number of alkyl halides is 3. The first-order chi connectivity index (χ1) is 18.2. The van der Waals surface area contributed by atoms with Gasteiger partial charge in [0.05, 0.1) is 24.2 Å². The number of nitrogens with zero attached hydrogens (tertiary/aromatic N) is 3. The van der Waals surface area contributed by atoms with Gasteiger partial charge in [0.25, 0.3) is 5.56 Å². The van der Waals surface area contributed by atoms with Crippen LogP contribution in [-0.4, -0.2) is 39.4 Å². The van der Waals surface area contributed by atoms with Gasteiger partial charge >= 0.3 is 12.3 Å². The summed E-state index contributed by atoms with van der Waals surface area (Å²) in [6, 6.07) is 19.2. The summed E-state index contributed by atoms with van der Waals surface area (Å²) < 4.78 is 46.1. The molecule has 5 rings (SSSR count). The van der Waals surface area contributed by atoms with Crippen molar-refractivity contribution >= 4 is 6.09 Å². The number of hydrogen-bond donors (Lipinski definition) is 0. The summed E-state index contributed by atoms with van der Waals surface area (Å²) in [5.74, 6) is -0.795. The van der Waals surface area contributed by atoms with Crippen molar-refractivity contribution in [3.8, 4) is 0 Å². The highest BCUT2D eigenvalue weighted by molar-refractivity contribution is 5.68. The van der Waals surface area contributed by atoms with Crippen LogP contribution in [0.4, 0.5) is 18.0 Å². The van der Waals surface area contributed by atoms with E-state index in [4.69, 9.17) is 9.72 Å². The molecule has 0 atom stereocenters. The number of hydrogen-bond acceptors (Lipinski definition) is 4. The second-order valence-electron chi connectivity index (χ2n) is 10.1. The normalized spacial score (nSPS) is 19.8. The van der Waals surface area contributed by atoms with E-state index in [-0.39, 0.29) is 50.4 Å². The van der Waals surface area contributed by atoms with E-state index >= 15 is 0 Å². The van der Waals surface area contributed by atoms with Crippen molar-refractivity contribution in [3.63, 3.8) is 0 Å². The Morgan fingerprint density at radius 1 is 0.974 bits per heavy atom. The van der Waals surface area contributed by atoms with Gasteiger partial charge in [-0.1, -0.05) is 60.7 Å². The first-order valence-electron chi connectivity index (χ1n) is 13.0. The summed E-state index contributed by atoms with van der Waals surface area (Å²) in [6.07, 6.45) is -4.64. The van der Waals surface area contributed by atoms with Crippen molar-refractivity contribution in [1.82, 2.24) is 14.5 Å². The molecular weight excluding hydrogens is 495 g/mol. The summed E-state index contributed by atoms with van der Waals surface area (Å²) in [7, 11) is 0. The minimum Gasteiger partial charge on any atom is -0.446 e. The fourth-order valence-electron chi connectivity index (χ4n) is 5.57. The summed E-state index contributed by atoms with van der Waals surface area (Å²) >= 11 is 0. The molecule has 2 heterocycles. The molecule has 1 aromatic heterocycles. The van der Waals surface area contributed by atoms with Gasteiger partial charge in [0.15, 0.2) is 0 Å². The SMILES string of the molecule is Cc1nc2c(c(=O)n1C(c1ccccc1)c1ccccc1)CCN(C(=O)O[C@H]1CC[C@H](C(F)(F)F)CC1)C2. The topological polar surface area (TPSA) is 64.4 Å². The molecule has 0 unspecified atom stereocenters. The molecule has 0 radical (unpaired) electrons. The minimum absolute atomic E-state index is 0.0332. The third kappa shape index (κ3) is 5.33. The highest BCUT2D eigenvalue weighted by atomic mass is 19.4. The number of halogens is 3. The highest BCUT2D eigenvalue weighted by Crippen LogP contribution is 2.38. The zero-order valence-corrected chi connectivity index (χ0v) is 21.2. The number of carbonyl (C=O) groups excluding carboxylic acids is 1. The molecule has 6 nitrogen and oxygen atoms in total. The maximum Gasteiger partial charge on any atom is 0.410 e. The van der Waals surface area contributed by atoms with Crippen LogP contribution in [0.1, 0.15) is 59.9 Å². The van der Waals surface area contributed by atoms with Crippen LogP contribution >= 0.6 is 0 Å². The molecule has 1 aliphatic carbocycles. The molecule has 2 aliphatic rings. The predicted molar refractivity (Wildman–Crippen MR) is 136 cm³/mol. The van der Waals surface area contributed by atoms with Crippen molar-refractivity contribution < 1.29 is 22.7 Å². The molecule has 1 saturated carbocycles. The van der Waals surface area contributed by atoms with Crippen LogP contribution in [0.3, 0.4) is 0 Å². The van der Waals surface area contributed by atoms with E-state index in [1.165, 1.54) is 4.90 Å². The smallest absolute Gasteiger partial charge is 0.410 e. The van der Waals surface area contributed by atoms with E-state index in [1.807, 2.05) is 60.7 Å². The maximum absolute atomic E-state index is 13.8. The van der Waals surface area contributed by atoms with Crippen LogP contribution in [0.2, 0.25) is 0 Å². The monoisotopic (exact) mass is 525 g/mol. The molecule has 9 heteroatoms. The first-order valence-corrected chi connectivity index (χ1v) is 13.0. The van der Waals surface area contributed by atoms with Gasteiger partial charge < -0.3 is 9.64 Å². The van der Waals surface area contributed by atoms with Crippen LogP contribution in [0.5, 0.6) is 0 Å². The highest BCUT2D eigenvalue weighted by Gasteiger charge is 2.42. The largest absolute Gasteiger partial charge is 0.446 e. The Hall–Kier alpha value is -3.62. The minimum atomic E-state index is -4.21. The lowest BCUT2D eigenvalue weighted by Crippen LogP contribution is -2.43. The van der Waals surface area contributed by atoms with E-state index in [1.54, 1.807) is 11.5 Å². The Balaban J connectivity index is 1.36. The standard InChI is InChI=1S/C29H30F3N3O3/c1-19-33-25-18-34(28(37)38-23-14-12-22(13-15-23)29(30,31)32)17-16-24(25)27(36)35(19)26(20-8-4-2-5-9-20)21-10-6-3-7-11-21/h2-11,22-23,26H,12-18H2,1H3/t22-,23-. The predicted octanol–water partition coefficient (Wildman–Crippen LogP) is 5.81. The van der Waals surface area contributed by atoms with Crippen LogP contribution in [0.25, 0.3) is 0 Å². The average molecular weight is 526 g/mol. The number of rotatable bonds is 4. The Labute approximate surface area is 219 Å². The molecule has 1 amide bonds. The van der Waals surface area contributed by atoms with Gasteiger partial charge in [-0.05, 0) is 50.2 Å². The molecular formula is C29H30F3N3O3. The molecule has 0 bridgehead atoms. The van der Waals surface area contributed by atoms with Crippen molar-refractivity contribution in [3.05, 3.63) is 99.2 Å². The third-order valence-corrected chi connectivity index (χ3v) is 7.59.